The van der Waals surface area contributed by atoms with Crippen molar-refractivity contribution in [2.24, 2.45) is 0 Å². The normalized spacial score (nSPS) is 14.0. The lowest BCUT2D eigenvalue weighted by atomic mass is 9.77. The van der Waals surface area contributed by atoms with Crippen molar-refractivity contribution in [2.75, 3.05) is 0 Å². The van der Waals surface area contributed by atoms with Gasteiger partial charge in [-0.25, -0.2) is 0 Å². The van der Waals surface area contributed by atoms with Gasteiger partial charge in [-0.2, -0.15) is 0 Å². The van der Waals surface area contributed by atoms with Crippen molar-refractivity contribution in [3.63, 3.8) is 0 Å². The van der Waals surface area contributed by atoms with Crippen LogP contribution in [0.4, 0.5) is 0 Å². The predicted molar refractivity (Wildman–Crippen MR) is 190 cm³/mol. The topological polar surface area (TPSA) is 20.2 Å². The van der Waals surface area contributed by atoms with Crippen LogP contribution in [0.25, 0.3) is 0 Å². The molecule has 4 aromatic carbocycles. The number of rotatable bonds is 9. The zero-order chi connectivity index (χ0) is 30.7. The molecule has 3 heteroatoms. The Kier molecular flexibility index (Phi) is 10.1. The molecule has 222 valence electrons. The van der Waals surface area contributed by atoms with Gasteiger partial charge in [0.2, 0.25) is 0 Å². The monoisotopic (exact) mass is 596 g/mol. The van der Waals surface area contributed by atoms with Crippen LogP contribution in [0, 0.1) is 6.92 Å². The minimum atomic E-state index is -0.552. The summed E-state index contributed by atoms with van der Waals surface area (Å²) in [7, 11) is -0.000181. The molecule has 0 heterocycles. The molecule has 0 aliphatic heterocycles. The minimum Gasteiger partial charge on any atom is -0.507 e. The third-order valence-corrected chi connectivity index (χ3v) is 12.9. The standard InChI is InChI=1S/C39H50OP2/c1-10-24-39(9,34-26-30(37(3,4)5)25-33(35(34)40)38(6,7)8)41-36-28(2)18-17-19-29(36)27-42(31-20-13-11-14-21-31)32-22-15-12-16-23-32/h11-23,25-26,40-41H,10,24,27H2,1-9H3. The molecule has 0 fully saturated rings. The molecular weight excluding hydrogens is 546 g/mol. The summed E-state index contributed by atoms with van der Waals surface area (Å²) in [5.41, 5.74) is 6.11. The second-order valence-corrected chi connectivity index (χ2v) is 18.1. The van der Waals surface area contributed by atoms with Crippen LogP contribution >= 0.6 is 16.5 Å². The summed E-state index contributed by atoms with van der Waals surface area (Å²) in [4.78, 5) is 0. The van der Waals surface area contributed by atoms with E-state index in [2.05, 4.69) is 153 Å². The largest absolute Gasteiger partial charge is 0.507 e. The fourth-order valence-electron chi connectivity index (χ4n) is 5.86. The van der Waals surface area contributed by atoms with Gasteiger partial charge in [0, 0.05) is 16.9 Å². The summed E-state index contributed by atoms with van der Waals surface area (Å²) in [6, 6.07) is 33.5. The molecule has 0 spiro atoms. The average molecular weight is 597 g/mol. The Morgan fingerprint density at radius 3 is 1.74 bits per heavy atom. The first-order valence-electron chi connectivity index (χ1n) is 15.4. The van der Waals surface area contributed by atoms with Crippen LogP contribution in [0.15, 0.2) is 91.0 Å². The summed E-state index contributed by atoms with van der Waals surface area (Å²) in [6.07, 6.45) is 3.10. The highest BCUT2D eigenvalue weighted by Crippen LogP contribution is 2.52. The van der Waals surface area contributed by atoms with Gasteiger partial charge in [-0.15, -0.1) is 0 Å². The highest BCUT2D eigenvalue weighted by molar-refractivity contribution is 7.72. The molecule has 1 nitrogen and oxygen atoms in total. The van der Waals surface area contributed by atoms with Gasteiger partial charge in [-0.1, -0.05) is 161 Å². The zero-order valence-corrected chi connectivity index (χ0v) is 29.1. The van der Waals surface area contributed by atoms with E-state index in [-0.39, 0.29) is 16.0 Å². The van der Waals surface area contributed by atoms with Crippen LogP contribution in [0.1, 0.15) is 96.0 Å². The number of aryl methyl sites for hydroxylation is 1. The van der Waals surface area contributed by atoms with Gasteiger partial charge in [0.15, 0.2) is 0 Å². The van der Waals surface area contributed by atoms with Gasteiger partial charge >= 0.3 is 0 Å². The fraction of sp³-hybridized carbons (Fsp3) is 0.385. The van der Waals surface area contributed by atoms with E-state index in [1.54, 1.807) is 0 Å². The molecule has 2 atom stereocenters. The number of phenols is 1. The Balaban J connectivity index is 1.86. The molecule has 0 aliphatic rings. The highest BCUT2D eigenvalue weighted by atomic mass is 31.1. The molecular formula is C39H50OP2. The van der Waals surface area contributed by atoms with Crippen LogP contribution in [0.3, 0.4) is 0 Å². The van der Waals surface area contributed by atoms with Gasteiger partial charge in [0.05, 0.1) is 0 Å². The summed E-state index contributed by atoms with van der Waals surface area (Å²) in [5, 5.41) is 16.1. The lowest BCUT2D eigenvalue weighted by Gasteiger charge is -2.36. The van der Waals surface area contributed by atoms with Crippen molar-refractivity contribution in [1.29, 1.82) is 0 Å². The molecule has 2 unspecified atom stereocenters. The molecule has 0 saturated carbocycles. The first kappa shape index (κ1) is 32.5. The number of aromatic hydroxyl groups is 1. The van der Waals surface area contributed by atoms with E-state index in [0.717, 1.165) is 30.1 Å². The molecule has 0 bridgehead atoms. The van der Waals surface area contributed by atoms with Gasteiger partial charge in [-0.3, -0.25) is 0 Å². The Bertz CT molecular complexity index is 1440. The minimum absolute atomic E-state index is 0.00624. The van der Waals surface area contributed by atoms with Gasteiger partial charge < -0.3 is 5.11 Å². The lowest BCUT2D eigenvalue weighted by molar-refractivity contribution is 0.426. The van der Waals surface area contributed by atoms with Crippen molar-refractivity contribution in [3.05, 3.63) is 119 Å². The molecule has 4 rings (SSSR count). The fourth-order valence-corrected chi connectivity index (χ4v) is 10.2. The van der Waals surface area contributed by atoms with E-state index in [1.165, 1.54) is 32.6 Å². The quantitative estimate of drug-likeness (QED) is 0.191. The maximum atomic E-state index is 11.9. The van der Waals surface area contributed by atoms with Crippen molar-refractivity contribution in [1.82, 2.24) is 0 Å². The van der Waals surface area contributed by atoms with Crippen molar-refractivity contribution in [3.8, 4) is 5.75 Å². The summed E-state index contributed by atoms with van der Waals surface area (Å²) >= 11 is 0. The van der Waals surface area contributed by atoms with E-state index in [1.807, 2.05) is 0 Å². The molecule has 1 N–H and O–H groups in total. The van der Waals surface area contributed by atoms with Crippen LogP contribution in [0.5, 0.6) is 5.75 Å². The summed E-state index contributed by atoms with van der Waals surface area (Å²) < 4.78 is 0. The zero-order valence-electron chi connectivity index (χ0n) is 27.2. The molecule has 0 saturated heterocycles. The van der Waals surface area contributed by atoms with Crippen LogP contribution < -0.4 is 15.9 Å². The van der Waals surface area contributed by atoms with Gasteiger partial charge in [0.25, 0.3) is 0 Å². The SMILES string of the molecule is CCCC(C)(Pc1c(C)cccc1CP(c1ccccc1)c1ccccc1)c1cc(C(C)(C)C)cc(C(C)(C)C)c1O. The maximum Gasteiger partial charge on any atom is 0.123 e. The van der Waals surface area contributed by atoms with E-state index < -0.39 is 7.92 Å². The Morgan fingerprint density at radius 2 is 1.24 bits per heavy atom. The van der Waals surface area contributed by atoms with Gasteiger partial charge in [-0.05, 0) is 70.3 Å². The van der Waals surface area contributed by atoms with E-state index in [4.69, 9.17) is 0 Å². The number of hydrogen-bond donors (Lipinski definition) is 1. The van der Waals surface area contributed by atoms with Crippen LogP contribution in [0.2, 0.25) is 0 Å². The van der Waals surface area contributed by atoms with Crippen LogP contribution in [-0.4, -0.2) is 5.11 Å². The average Bonchev–Trinajstić information content (AvgIpc) is 2.93. The molecule has 0 aliphatic carbocycles. The maximum absolute atomic E-state index is 11.9. The van der Waals surface area contributed by atoms with E-state index in [9.17, 15) is 5.11 Å². The Morgan fingerprint density at radius 1 is 0.690 bits per heavy atom. The van der Waals surface area contributed by atoms with E-state index >= 15 is 0 Å². The molecule has 42 heavy (non-hydrogen) atoms. The third-order valence-electron chi connectivity index (χ3n) is 8.35. The Labute approximate surface area is 258 Å². The number of hydrogen-bond acceptors (Lipinski definition) is 1. The number of benzene rings is 4. The highest BCUT2D eigenvalue weighted by Gasteiger charge is 2.35. The first-order chi connectivity index (χ1) is 19.7. The summed E-state index contributed by atoms with van der Waals surface area (Å²) in [6.45, 7) is 20.4. The second-order valence-electron chi connectivity index (χ2n) is 14.0. The Hall–Kier alpha value is -2.46. The third kappa shape index (κ3) is 7.36. The predicted octanol–water partition coefficient (Wildman–Crippen LogP) is 9.95. The molecule has 4 aromatic rings. The van der Waals surface area contributed by atoms with Crippen molar-refractivity contribution >= 4 is 32.4 Å². The van der Waals surface area contributed by atoms with Crippen molar-refractivity contribution in [2.45, 2.75) is 97.3 Å². The second kappa shape index (κ2) is 13.0. The first-order valence-corrected chi connectivity index (χ1v) is 17.9. The summed E-state index contributed by atoms with van der Waals surface area (Å²) in [5.74, 6) is 0.491. The molecule has 0 radical (unpaired) electrons. The smallest absolute Gasteiger partial charge is 0.123 e. The van der Waals surface area contributed by atoms with Crippen LogP contribution in [-0.2, 0) is 22.1 Å². The lowest BCUT2D eigenvalue weighted by Crippen LogP contribution is -2.26. The van der Waals surface area contributed by atoms with Crippen molar-refractivity contribution < 1.29 is 5.11 Å². The van der Waals surface area contributed by atoms with Gasteiger partial charge in [0.1, 0.15) is 5.75 Å². The number of phenolic OH excluding ortho intramolecular Hbond substituents is 1. The molecule has 0 aromatic heterocycles. The van der Waals surface area contributed by atoms with E-state index in [0.29, 0.717) is 14.3 Å². The molecule has 0 amide bonds.